The second-order valence-electron chi connectivity index (χ2n) is 8.18. The van der Waals surface area contributed by atoms with E-state index in [1.165, 1.54) is 30.9 Å². The Morgan fingerprint density at radius 3 is 2.70 bits per heavy atom. The number of aliphatic hydroxyl groups is 1. The van der Waals surface area contributed by atoms with Crippen LogP contribution in [-0.2, 0) is 4.79 Å². The second kappa shape index (κ2) is 6.80. The van der Waals surface area contributed by atoms with Crippen molar-refractivity contribution in [2.24, 2.45) is 22.7 Å². The average molecular weight is 320 g/mol. The third-order valence-corrected chi connectivity index (χ3v) is 7.11. The molecule has 4 atom stereocenters. The Balaban J connectivity index is 2.23. The van der Waals surface area contributed by atoms with Crippen LogP contribution in [0.4, 0.5) is 0 Å². The van der Waals surface area contributed by atoms with Gasteiger partial charge in [0.05, 0.1) is 6.61 Å². The van der Waals surface area contributed by atoms with E-state index in [0.29, 0.717) is 23.8 Å². The molecule has 0 amide bonds. The Bertz CT molecular complexity index is 519. The third-order valence-electron chi connectivity index (χ3n) is 7.11. The predicted octanol–water partition coefficient (Wildman–Crippen LogP) is 4.57. The van der Waals surface area contributed by atoms with Crippen LogP contribution < -0.4 is 0 Å². The molecule has 2 aliphatic carbocycles. The van der Waals surface area contributed by atoms with Gasteiger partial charge in [0.1, 0.15) is 0 Å². The monoisotopic (exact) mass is 320 g/mol. The molecule has 0 aromatic rings. The van der Waals surface area contributed by atoms with Gasteiger partial charge in [-0.1, -0.05) is 32.4 Å². The molecule has 0 aliphatic heterocycles. The molecule has 0 spiro atoms. The number of aliphatic hydroxyl groups excluding tert-OH is 1. The predicted molar refractivity (Wildman–Crippen MR) is 93.1 cm³/mol. The van der Waals surface area contributed by atoms with Crippen LogP contribution in [0.5, 0.6) is 0 Å². The van der Waals surface area contributed by atoms with E-state index in [4.69, 9.17) is 5.11 Å². The Hall–Kier alpha value is -1.09. The molecule has 2 N–H and O–H groups in total. The fourth-order valence-corrected chi connectivity index (χ4v) is 5.13. The number of hydrogen-bond donors (Lipinski definition) is 2. The average Bonchev–Trinajstić information content (AvgIpc) is 2.50. The number of carboxylic acids is 1. The lowest BCUT2D eigenvalue weighted by atomic mass is 9.47. The second-order valence-corrected chi connectivity index (χ2v) is 8.18. The first kappa shape index (κ1) is 18.3. The first-order valence-corrected chi connectivity index (χ1v) is 8.94. The summed E-state index contributed by atoms with van der Waals surface area (Å²) in [4.78, 5) is 10.9. The number of allylic oxidation sites excluding steroid dienone is 2. The normalized spacial score (nSPS) is 38.0. The van der Waals surface area contributed by atoms with E-state index in [2.05, 4.69) is 33.8 Å². The number of carbonyl (C=O) groups is 1. The molecule has 0 heterocycles. The van der Waals surface area contributed by atoms with Crippen molar-refractivity contribution >= 4 is 5.97 Å². The molecule has 3 heteroatoms. The van der Waals surface area contributed by atoms with Gasteiger partial charge < -0.3 is 10.2 Å². The molecular weight excluding hydrogens is 288 g/mol. The van der Waals surface area contributed by atoms with Gasteiger partial charge in [0.2, 0.25) is 0 Å². The van der Waals surface area contributed by atoms with Crippen LogP contribution in [0.3, 0.4) is 0 Å². The van der Waals surface area contributed by atoms with Gasteiger partial charge in [-0.05, 0) is 73.7 Å². The minimum atomic E-state index is -0.961. The molecule has 23 heavy (non-hydrogen) atoms. The topological polar surface area (TPSA) is 57.5 Å². The molecule has 1 fully saturated rings. The summed E-state index contributed by atoms with van der Waals surface area (Å²) in [6, 6.07) is 0. The number of rotatable bonds is 5. The fraction of sp³-hybridized carbons (Fsp3) is 0.750. The SMILES string of the molecule is CC1=CCC[C@@H]2[C@@](C)(CC/C(=C/C(=O)O)CO)[C@H](C)CC[C@@]12C. The fourth-order valence-electron chi connectivity index (χ4n) is 5.13. The van der Waals surface area contributed by atoms with Crippen molar-refractivity contribution in [2.45, 2.75) is 66.2 Å². The van der Waals surface area contributed by atoms with Crippen LogP contribution >= 0.6 is 0 Å². The summed E-state index contributed by atoms with van der Waals surface area (Å²) in [5.41, 5.74) is 2.67. The highest BCUT2D eigenvalue weighted by atomic mass is 16.4. The Morgan fingerprint density at radius 1 is 1.39 bits per heavy atom. The first-order valence-electron chi connectivity index (χ1n) is 8.94. The van der Waals surface area contributed by atoms with Crippen molar-refractivity contribution < 1.29 is 15.0 Å². The maximum Gasteiger partial charge on any atom is 0.328 e. The lowest BCUT2D eigenvalue weighted by Crippen LogP contribution is -2.49. The Labute approximate surface area is 140 Å². The molecule has 0 aromatic heterocycles. The zero-order valence-electron chi connectivity index (χ0n) is 15.1. The molecule has 1 saturated carbocycles. The van der Waals surface area contributed by atoms with E-state index >= 15 is 0 Å². The van der Waals surface area contributed by atoms with Gasteiger partial charge >= 0.3 is 5.97 Å². The zero-order valence-corrected chi connectivity index (χ0v) is 15.1. The van der Waals surface area contributed by atoms with Gasteiger partial charge in [0.15, 0.2) is 0 Å². The quantitative estimate of drug-likeness (QED) is 0.576. The molecule has 0 saturated heterocycles. The Morgan fingerprint density at radius 2 is 2.09 bits per heavy atom. The largest absolute Gasteiger partial charge is 0.478 e. The maximum atomic E-state index is 10.9. The molecule has 2 rings (SSSR count). The van der Waals surface area contributed by atoms with Crippen LogP contribution in [0.2, 0.25) is 0 Å². The summed E-state index contributed by atoms with van der Waals surface area (Å²) >= 11 is 0. The minimum absolute atomic E-state index is 0.155. The Kier molecular flexibility index (Phi) is 5.40. The van der Waals surface area contributed by atoms with Gasteiger partial charge in [-0.15, -0.1) is 0 Å². The van der Waals surface area contributed by atoms with Crippen LogP contribution in [0.25, 0.3) is 0 Å². The molecule has 0 bridgehead atoms. The van der Waals surface area contributed by atoms with Gasteiger partial charge in [-0.25, -0.2) is 4.79 Å². The van der Waals surface area contributed by atoms with Crippen LogP contribution in [-0.4, -0.2) is 22.8 Å². The minimum Gasteiger partial charge on any atom is -0.478 e. The van der Waals surface area contributed by atoms with E-state index in [-0.39, 0.29) is 17.4 Å². The molecule has 2 aliphatic rings. The van der Waals surface area contributed by atoms with Crippen molar-refractivity contribution in [3.8, 4) is 0 Å². The molecule has 0 unspecified atom stereocenters. The van der Waals surface area contributed by atoms with Crippen LogP contribution in [0.15, 0.2) is 23.3 Å². The van der Waals surface area contributed by atoms with Gasteiger partial charge in [-0.2, -0.15) is 0 Å². The smallest absolute Gasteiger partial charge is 0.328 e. The molecule has 0 radical (unpaired) electrons. The van der Waals surface area contributed by atoms with Gasteiger partial charge in [-0.3, -0.25) is 0 Å². The summed E-state index contributed by atoms with van der Waals surface area (Å²) in [7, 11) is 0. The van der Waals surface area contributed by atoms with Gasteiger partial charge in [0.25, 0.3) is 0 Å². The number of carboxylic acid groups (broad SMARTS) is 1. The van der Waals surface area contributed by atoms with E-state index in [9.17, 15) is 9.90 Å². The standard InChI is InChI=1S/C20H32O3/c1-14-6-5-7-17-19(14,3)10-8-15(2)20(17,4)11-9-16(13-21)12-18(22)23/h6,12,15,17,21H,5,7-11,13H2,1-4H3,(H,22,23)/b16-12-/t15-,17+,19+,20+/m1/s1. The number of hydrogen-bond acceptors (Lipinski definition) is 2. The number of aliphatic carboxylic acids is 1. The molecular formula is C20H32O3. The van der Waals surface area contributed by atoms with Crippen molar-refractivity contribution in [2.75, 3.05) is 6.61 Å². The van der Waals surface area contributed by atoms with E-state index in [0.717, 1.165) is 12.8 Å². The summed E-state index contributed by atoms with van der Waals surface area (Å²) in [6.07, 6.45) is 10.1. The molecule has 130 valence electrons. The number of fused-ring (bicyclic) bond motifs is 1. The van der Waals surface area contributed by atoms with E-state index in [1.54, 1.807) is 0 Å². The lowest BCUT2D eigenvalue weighted by Gasteiger charge is -2.58. The summed E-state index contributed by atoms with van der Waals surface area (Å²) in [5.74, 6) is 0.321. The van der Waals surface area contributed by atoms with Crippen molar-refractivity contribution in [3.63, 3.8) is 0 Å². The van der Waals surface area contributed by atoms with Gasteiger partial charge in [0, 0.05) is 6.08 Å². The lowest BCUT2D eigenvalue weighted by molar-refractivity contribution is -0.131. The third kappa shape index (κ3) is 3.40. The first-order chi connectivity index (χ1) is 10.7. The molecule has 3 nitrogen and oxygen atoms in total. The maximum absolute atomic E-state index is 10.9. The van der Waals surface area contributed by atoms with E-state index in [1.807, 2.05) is 0 Å². The van der Waals surface area contributed by atoms with E-state index < -0.39 is 5.97 Å². The summed E-state index contributed by atoms with van der Waals surface area (Å²) in [6.45, 7) is 9.30. The van der Waals surface area contributed by atoms with Crippen molar-refractivity contribution in [1.29, 1.82) is 0 Å². The van der Waals surface area contributed by atoms with Crippen molar-refractivity contribution in [1.82, 2.24) is 0 Å². The van der Waals surface area contributed by atoms with Crippen LogP contribution in [0, 0.1) is 22.7 Å². The molecule has 0 aromatic carbocycles. The van der Waals surface area contributed by atoms with Crippen LogP contribution in [0.1, 0.15) is 66.2 Å². The highest BCUT2D eigenvalue weighted by Gasteiger charge is 2.52. The highest BCUT2D eigenvalue weighted by molar-refractivity contribution is 5.80. The zero-order chi connectivity index (χ0) is 17.3. The summed E-state index contributed by atoms with van der Waals surface area (Å²) < 4.78 is 0. The van der Waals surface area contributed by atoms with Crippen molar-refractivity contribution in [3.05, 3.63) is 23.3 Å². The summed E-state index contributed by atoms with van der Waals surface area (Å²) in [5, 5.41) is 18.4. The highest BCUT2D eigenvalue weighted by Crippen LogP contribution is 2.61.